The number of aromatic nitrogens is 1. The van der Waals surface area contributed by atoms with Crippen molar-refractivity contribution in [1.29, 1.82) is 0 Å². The summed E-state index contributed by atoms with van der Waals surface area (Å²) in [4.78, 5) is 47.2. The molecule has 0 radical (unpaired) electrons. The molecule has 3 N–H and O–H groups in total. The van der Waals surface area contributed by atoms with Crippen LogP contribution in [0.25, 0.3) is 5.57 Å². The molecule has 1 aromatic heterocycles. The molecule has 2 heterocycles. The van der Waals surface area contributed by atoms with Gasteiger partial charge in [0.2, 0.25) is 11.5 Å². The minimum absolute atomic E-state index is 0.0689. The van der Waals surface area contributed by atoms with Crippen LogP contribution in [0.3, 0.4) is 0 Å². The zero-order chi connectivity index (χ0) is 49.7. The normalized spacial score (nSPS) is 12.8. The first kappa shape index (κ1) is 49.9. The molecular weight excluding hydrogens is 875 g/mol. The second kappa shape index (κ2) is 21.0. The molecule has 0 aliphatic carbocycles. The van der Waals surface area contributed by atoms with Gasteiger partial charge in [-0.15, -0.1) is 0 Å². The smallest absolute Gasteiger partial charge is 0.493 e. The highest BCUT2D eigenvalue weighted by Crippen LogP contribution is 2.43. The van der Waals surface area contributed by atoms with Gasteiger partial charge in [-0.1, -0.05) is 26.0 Å². The van der Waals surface area contributed by atoms with Crippen molar-refractivity contribution in [3.63, 3.8) is 0 Å². The molecule has 4 aromatic carbocycles. The van der Waals surface area contributed by atoms with Crippen molar-refractivity contribution < 1.29 is 51.4 Å². The number of benzene rings is 4. The third kappa shape index (κ3) is 9.51. The average Bonchev–Trinajstić information content (AvgIpc) is 3.76. The Morgan fingerprint density at radius 2 is 1.03 bits per heavy atom. The van der Waals surface area contributed by atoms with Gasteiger partial charge < -0.3 is 48.8 Å². The van der Waals surface area contributed by atoms with Crippen LogP contribution in [0, 0.1) is 20.8 Å². The number of hydrogen-bond donors (Lipinski definition) is 3. The molecule has 1 aliphatic rings. The highest BCUT2D eigenvalue weighted by molar-refractivity contribution is 6.41. The molecule has 0 bridgehead atoms. The fraction of sp³-hybridized carbons (Fsp3) is 0.294. The van der Waals surface area contributed by atoms with E-state index in [9.17, 15) is 14.4 Å². The number of methoxy groups -OCH3 is 6. The molecule has 356 valence electrons. The van der Waals surface area contributed by atoms with Crippen molar-refractivity contribution in [1.82, 2.24) is 4.48 Å². The number of allylic oxidation sites excluding steroid dienone is 2. The molecule has 14 nitrogen and oxygen atoms in total. The Labute approximate surface area is 395 Å². The predicted molar refractivity (Wildman–Crippen MR) is 262 cm³/mol. The van der Waals surface area contributed by atoms with E-state index < -0.39 is 25.1 Å². The zero-order valence-electron chi connectivity index (χ0n) is 40.6. The molecule has 0 spiro atoms. The van der Waals surface area contributed by atoms with E-state index in [-0.39, 0.29) is 62.6 Å². The standard InChI is InChI=1S/C51H56BF2N5O9/c1-14-36-26(3)45(55-29(36)6)44(46-27(4)37(15-2)30(7)59(46)52(53)54)31-16-18-35(19-17-31)56-49(60)32-20-38(57-50(61)33-22-40(63-8)47(67-12)41(23-33)64-9)28(5)39(21-32)58-51(62)34-24-42(65-10)48(68-13)43(25-34)66-11/h16-25H,14-15H2,1-13H3,(H,56,60)(H,57,61)(H,58,62)/b45-44-. The van der Waals surface area contributed by atoms with Crippen LogP contribution in [-0.4, -0.2) is 78.0 Å². The molecule has 6 rings (SSSR count). The lowest BCUT2D eigenvalue weighted by Crippen LogP contribution is -2.19. The highest BCUT2D eigenvalue weighted by Gasteiger charge is 2.32. The molecule has 0 atom stereocenters. The van der Waals surface area contributed by atoms with Gasteiger partial charge in [-0.25, -0.2) is 0 Å². The average molecular weight is 932 g/mol. The Balaban J connectivity index is 1.42. The fourth-order valence-electron chi connectivity index (χ4n) is 8.71. The van der Waals surface area contributed by atoms with E-state index in [0.29, 0.717) is 45.9 Å². The fourth-order valence-corrected chi connectivity index (χ4v) is 8.71. The van der Waals surface area contributed by atoms with E-state index in [0.717, 1.165) is 38.9 Å². The first-order valence-electron chi connectivity index (χ1n) is 21.8. The summed E-state index contributed by atoms with van der Waals surface area (Å²) in [6, 6.07) is 15.8. The number of aliphatic imine (C=N–C) groups is 1. The number of hydrogen-bond acceptors (Lipinski definition) is 10. The number of ether oxygens (including phenoxy) is 6. The van der Waals surface area contributed by atoms with Crippen molar-refractivity contribution in [2.24, 2.45) is 4.99 Å². The van der Waals surface area contributed by atoms with Crippen molar-refractivity contribution in [2.45, 2.75) is 61.3 Å². The zero-order valence-corrected chi connectivity index (χ0v) is 40.6. The maximum atomic E-state index is 15.0. The van der Waals surface area contributed by atoms with Gasteiger partial charge in [-0.2, -0.15) is 0 Å². The second-order valence-corrected chi connectivity index (χ2v) is 15.9. The van der Waals surface area contributed by atoms with Gasteiger partial charge in [0.15, 0.2) is 23.0 Å². The van der Waals surface area contributed by atoms with Crippen LogP contribution in [0.1, 0.15) is 98.8 Å². The SMILES string of the molecule is CCC1=C(C)/C(=C(\c2ccc(NC(=O)c3cc(NC(=O)c4cc(OC)c(OC)c(OC)c4)c(C)c(NC(=O)c4cc(OC)c(OC)c(OC)c4)c3)cc2)c2c(C)c(CC)c(C)n2B(F)F)N=C1C. The van der Waals surface area contributed by atoms with Gasteiger partial charge in [-0.05, 0) is 129 Å². The number of amides is 3. The van der Waals surface area contributed by atoms with Crippen LogP contribution in [0.15, 0.2) is 82.5 Å². The Kier molecular flexibility index (Phi) is 15.4. The Hall–Kier alpha value is -7.56. The highest BCUT2D eigenvalue weighted by atomic mass is 19.2. The number of rotatable bonds is 17. The van der Waals surface area contributed by atoms with Gasteiger partial charge >= 0.3 is 7.40 Å². The maximum absolute atomic E-state index is 15.0. The van der Waals surface area contributed by atoms with Gasteiger partial charge in [0.05, 0.1) is 48.4 Å². The lowest BCUT2D eigenvalue weighted by molar-refractivity contribution is 0.101. The number of carbonyl (C=O) groups is 3. The van der Waals surface area contributed by atoms with Crippen LogP contribution < -0.4 is 44.4 Å². The monoisotopic (exact) mass is 931 g/mol. The van der Waals surface area contributed by atoms with Gasteiger partial charge in [-0.3, -0.25) is 28.0 Å². The Morgan fingerprint density at radius 3 is 1.41 bits per heavy atom. The van der Waals surface area contributed by atoms with Crippen LogP contribution in [0.4, 0.5) is 25.7 Å². The molecule has 68 heavy (non-hydrogen) atoms. The summed E-state index contributed by atoms with van der Waals surface area (Å²) in [5, 5.41) is 8.68. The van der Waals surface area contributed by atoms with Crippen molar-refractivity contribution >= 4 is 53.5 Å². The van der Waals surface area contributed by atoms with Crippen molar-refractivity contribution in [2.75, 3.05) is 58.6 Å². The summed E-state index contributed by atoms with van der Waals surface area (Å²) in [6.07, 6.45) is 1.30. The first-order chi connectivity index (χ1) is 32.5. The van der Waals surface area contributed by atoms with E-state index in [1.54, 1.807) is 38.1 Å². The lowest BCUT2D eigenvalue weighted by atomic mass is 9.92. The van der Waals surface area contributed by atoms with Crippen LogP contribution in [-0.2, 0) is 6.42 Å². The minimum Gasteiger partial charge on any atom is -0.493 e. The Bertz CT molecular complexity index is 2750. The minimum atomic E-state index is -2.80. The van der Waals surface area contributed by atoms with Gasteiger partial charge in [0.25, 0.3) is 17.7 Å². The third-order valence-corrected chi connectivity index (χ3v) is 12.2. The lowest BCUT2D eigenvalue weighted by Gasteiger charge is -2.18. The van der Waals surface area contributed by atoms with Crippen LogP contribution in [0.5, 0.6) is 34.5 Å². The van der Waals surface area contributed by atoms with Crippen molar-refractivity contribution in [3.05, 3.63) is 128 Å². The summed E-state index contributed by atoms with van der Waals surface area (Å²) >= 11 is 0. The molecule has 0 fully saturated rings. The molecule has 0 saturated carbocycles. The summed E-state index contributed by atoms with van der Waals surface area (Å²) in [5.74, 6) is -0.188. The van der Waals surface area contributed by atoms with E-state index in [4.69, 9.17) is 33.4 Å². The second-order valence-electron chi connectivity index (χ2n) is 15.9. The molecular formula is C51H56BF2N5O9. The quantitative estimate of drug-likeness (QED) is 0.0771. The molecule has 1 aliphatic heterocycles. The summed E-state index contributed by atoms with van der Waals surface area (Å²) in [5.41, 5.74) is 8.63. The van der Waals surface area contributed by atoms with E-state index in [2.05, 4.69) is 16.0 Å². The molecule has 0 unspecified atom stereocenters. The number of halogens is 2. The molecule has 3 amide bonds. The third-order valence-electron chi connectivity index (χ3n) is 12.2. The number of anilines is 3. The van der Waals surface area contributed by atoms with E-state index >= 15 is 8.63 Å². The number of nitrogens with zero attached hydrogens (tertiary/aromatic N) is 2. The van der Waals surface area contributed by atoms with E-state index in [1.165, 1.54) is 79.1 Å². The molecule has 17 heteroatoms. The Morgan fingerprint density at radius 1 is 0.588 bits per heavy atom. The number of nitrogens with one attached hydrogen (secondary N) is 3. The van der Waals surface area contributed by atoms with Crippen LogP contribution >= 0.6 is 0 Å². The van der Waals surface area contributed by atoms with Gasteiger partial charge in [0.1, 0.15) is 0 Å². The summed E-state index contributed by atoms with van der Waals surface area (Å²) in [6.45, 7) is 13.1. The topological polar surface area (TPSA) is 160 Å². The summed E-state index contributed by atoms with van der Waals surface area (Å²) < 4.78 is 63.8. The largest absolute Gasteiger partial charge is 0.677 e. The number of carbonyl (C=O) groups excluding carboxylic acids is 3. The van der Waals surface area contributed by atoms with E-state index in [1.807, 2.05) is 34.6 Å². The van der Waals surface area contributed by atoms with Gasteiger partial charge in [0, 0.05) is 56.4 Å². The first-order valence-corrected chi connectivity index (χ1v) is 21.8. The molecule has 0 saturated heterocycles. The van der Waals surface area contributed by atoms with Crippen LogP contribution in [0.2, 0.25) is 0 Å². The molecule has 5 aromatic rings. The predicted octanol–water partition coefficient (Wildman–Crippen LogP) is 10.5. The van der Waals surface area contributed by atoms with Crippen molar-refractivity contribution in [3.8, 4) is 34.5 Å². The maximum Gasteiger partial charge on any atom is 0.677 e. The summed E-state index contributed by atoms with van der Waals surface area (Å²) in [7, 11) is 5.81.